The first-order chi connectivity index (χ1) is 12.8. The van der Waals surface area contributed by atoms with Crippen LogP contribution in [0, 0.1) is 0 Å². The molecule has 0 bridgehead atoms. The lowest BCUT2D eigenvalue weighted by Gasteiger charge is -2.15. The highest BCUT2D eigenvalue weighted by Gasteiger charge is 2.38. The van der Waals surface area contributed by atoms with E-state index >= 15 is 0 Å². The van der Waals surface area contributed by atoms with Gasteiger partial charge in [0.15, 0.2) is 11.5 Å². The van der Waals surface area contributed by atoms with E-state index in [1.54, 1.807) is 20.5 Å². The van der Waals surface area contributed by atoms with Gasteiger partial charge < -0.3 is 25.2 Å². The number of carbonyl (C=O) groups is 1. The van der Waals surface area contributed by atoms with Crippen LogP contribution in [0.4, 0.5) is 19.0 Å². The first-order valence-corrected chi connectivity index (χ1v) is 7.90. The number of nitrogens with one attached hydrogen (secondary N) is 2. The minimum Gasteiger partial charge on any atom is -0.493 e. The lowest BCUT2D eigenvalue weighted by molar-refractivity contribution is -0.192. The van der Waals surface area contributed by atoms with Crippen LogP contribution in [0.2, 0.25) is 0 Å². The molecule has 1 saturated heterocycles. The maximum atomic E-state index is 10.6. The maximum Gasteiger partial charge on any atom is 0.490 e. The molecule has 1 aromatic carbocycles. The number of methoxy groups -OCH3 is 2. The number of ether oxygens (including phenoxy) is 2. The Morgan fingerprint density at radius 2 is 1.89 bits per heavy atom. The van der Waals surface area contributed by atoms with Crippen molar-refractivity contribution >= 4 is 22.7 Å². The van der Waals surface area contributed by atoms with Crippen molar-refractivity contribution in [3.8, 4) is 11.5 Å². The predicted octanol–water partition coefficient (Wildman–Crippen LogP) is 2.05. The Morgan fingerprint density at radius 3 is 2.41 bits per heavy atom. The van der Waals surface area contributed by atoms with Crippen LogP contribution in [0.25, 0.3) is 10.9 Å². The molecule has 3 rings (SSSR count). The average Bonchev–Trinajstić information content (AvgIpc) is 3.13. The summed E-state index contributed by atoms with van der Waals surface area (Å²) in [4.78, 5) is 17.5. The smallest absolute Gasteiger partial charge is 0.490 e. The van der Waals surface area contributed by atoms with E-state index in [-0.39, 0.29) is 0 Å². The van der Waals surface area contributed by atoms with Crippen molar-refractivity contribution in [3.05, 3.63) is 18.5 Å². The minimum absolute atomic E-state index is 0.404. The predicted molar refractivity (Wildman–Crippen MR) is 91.2 cm³/mol. The summed E-state index contributed by atoms with van der Waals surface area (Å²) in [5.41, 5.74) is 0.839. The second-order valence-electron chi connectivity index (χ2n) is 5.58. The fourth-order valence-corrected chi connectivity index (χ4v) is 2.47. The number of carboxylic acids is 1. The van der Waals surface area contributed by atoms with Crippen molar-refractivity contribution in [2.24, 2.45) is 0 Å². The van der Waals surface area contributed by atoms with Gasteiger partial charge in [-0.1, -0.05) is 0 Å². The lowest BCUT2D eigenvalue weighted by atomic mass is 10.2. The zero-order chi connectivity index (χ0) is 20.0. The monoisotopic (exact) mass is 388 g/mol. The van der Waals surface area contributed by atoms with E-state index in [1.165, 1.54) is 0 Å². The zero-order valence-corrected chi connectivity index (χ0v) is 14.6. The summed E-state index contributed by atoms with van der Waals surface area (Å²) in [6.07, 6.45) is -2.42. The van der Waals surface area contributed by atoms with Gasteiger partial charge in [0.05, 0.1) is 19.7 Å². The number of benzene rings is 1. The molecule has 0 spiro atoms. The van der Waals surface area contributed by atoms with Gasteiger partial charge in [0.2, 0.25) is 0 Å². The Morgan fingerprint density at radius 1 is 1.26 bits per heavy atom. The third-order valence-corrected chi connectivity index (χ3v) is 3.78. The molecule has 2 heterocycles. The summed E-state index contributed by atoms with van der Waals surface area (Å²) in [5.74, 6) is -0.563. The molecule has 0 amide bonds. The second kappa shape index (κ2) is 8.71. The number of nitrogens with zero attached hydrogens (tertiary/aromatic N) is 2. The number of rotatable bonds is 4. The topological polar surface area (TPSA) is 106 Å². The standard InChI is InChI=1S/C14H18N4O2.C2HF3O2/c1-19-12-5-10-11(6-13(12)20-2)16-8-17-14(10)18-9-3-4-15-7-9;3-2(4,5)1(6)7/h5-6,8-9,15H,3-4,7H2,1-2H3,(H,16,17,18);(H,6,7). The summed E-state index contributed by atoms with van der Waals surface area (Å²) in [6, 6.07) is 4.19. The molecule has 3 N–H and O–H groups in total. The Bertz CT molecular complexity index is 795. The van der Waals surface area contributed by atoms with Gasteiger partial charge in [0.1, 0.15) is 12.1 Å². The highest BCUT2D eigenvalue weighted by atomic mass is 19.4. The molecule has 27 heavy (non-hydrogen) atoms. The minimum atomic E-state index is -5.08. The number of aliphatic carboxylic acids is 1. The normalized spacial score (nSPS) is 16.4. The largest absolute Gasteiger partial charge is 0.493 e. The molecule has 1 aromatic heterocycles. The summed E-state index contributed by atoms with van der Waals surface area (Å²) in [5, 5.41) is 14.9. The van der Waals surface area contributed by atoms with Gasteiger partial charge in [-0.2, -0.15) is 13.2 Å². The number of hydrogen-bond donors (Lipinski definition) is 3. The van der Waals surface area contributed by atoms with Crippen molar-refractivity contribution in [3.63, 3.8) is 0 Å². The van der Waals surface area contributed by atoms with Crippen LogP contribution >= 0.6 is 0 Å². The van der Waals surface area contributed by atoms with Crippen molar-refractivity contribution in [1.29, 1.82) is 0 Å². The van der Waals surface area contributed by atoms with E-state index in [1.807, 2.05) is 12.1 Å². The molecule has 0 saturated carbocycles. The highest BCUT2D eigenvalue weighted by Crippen LogP contribution is 2.33. The third-order valence-electron chi connectivity index (χ3n) is 3.78. The van der Waals surface area contributed by atoms with Gasteiger partial charge in [-0.3, -0.25) is 0 Å². The lowest BCUT2D eigenvalue weighted by Crippen LogP contribution is -2.22. The van der Waals surface area contributed by atoms with Crippen LogP contribution in [0.3, 0.4) is 0 Å². The second-order valence-corrected chi connectivity index (χ2v) is 5.58. The molecule has 11 heteroatoms. The first kappa shape index (κ1) is 20.5. The number of hydrogen-bond acceptors (Lipinski definition) is 7. The number of halogens is 3. The van der Waals surface area contributed by atoms with E-state index < -0.39 is 12.1 Å². The van der Waals surface area contributed by atoms with Crippen LogP contribution in [-0.2, 0) is 4.79 Å². The Balaban J connectivity index is 0.000000321. The number of fused-ring (bicyclic) bond motifs is 1. The van der Waals surface area contributed by atoms with Crippen LogP contribution in [0.5, 0.6) is 11.5 Å². The van der Waals surface area contributed by atoms with Gasteiger partial charge in [0, 0.05) is 24.0 Å². The SMILES string of the molecule is COc1cc2ncnc(NC3CCNC3)c2cc1OC.O=C(O)C(F)(F)F. The van der Waals surface area contributed by atoms with Crippen LogP contribution < -0.4 is 20.1 Å². The summed E-state index contributed by atoms with van der Waals surface area (Å²) < 4.78 is 42.4. The van der Waals surface area contributed by atoms with E-state index in [4.69, 9.17) is 19.4 Å². The summed E-state index contributed by atoms with van der Waals surface area (Å²) in [7, 11) is 3.25. The van der Waals surface area contributed by atoms with Crippen molar-refractivity contribution < 1.29 is 32.5 Å². The van der Waals surface area contributed by atoms with Gasteiger partial charge >= 0.3 is 12.1 Å². The van der Waals surface area contributed by atoms with E-state index in [2.05, 4.69) is 20.6 Å². The zero-order valence-electron chi connectivity index (χ0n) is 14.6. The van der Waals surface area contributed by atoms with Crippen molar-refractivity contribution in [2.75, 3.05) is 32.6 Å². The number of carboxylic acid groups (broad SMARTS) is 1. The van der Waals surface area contributed by atoms with Crippen LogP contribution in [0.1, 0.15) is 6.42 Å². The Labute approximate surface area is 152 Å². The number of alkyl halides is 3. The Hall–Kier alpha value is -2.82. The average molecular weight is 388 g/mol. The van der Waals surface area contributed by atoms with Gasteiger partial charge in [-0.05, 0) is 19.0 Å². The molecule has 0 radical (unpaired) electrons. The molecule has 1 aliphatic heterocycles. The van der Waals surface area contributed by atoms with Crippen LogP contribution in [0.15, 0.2) is 18.5 Å². The Kier molecular flexibility index (Phi) is 6.61. The van der Waals surface area contributed by atoms with Gasteiger partial charge in [0.25, 0.3) is 0 Å². The van der Waals surface area contributed by atoms with E-state index in [0.29, 0.717) is 17.5 Å². The van der Waals surface area contributed by atoms with Crippen LogP contribution in [-0.4, -0.2) is 60.6 Å². The summed E-state index contributed by atoms with van der Waals surface area (Å²) >= 11 is 0. The number of aromatic nitrogens is 2. The van der Waals surface area contributed by atoms with Crippen molar-refractivity contribution in [1.82, 2.24) is 15.3 Å². The third kappa shape index (κ3) is 5.33. The molecule has 1 fully saturated rings. The molecular formula is C16H19F3N4O4. The van der Waals surface area contributed by atoms with Gasteiger partial charge in [-0.25, -0.2) is 14.8 Å². The quantitative estimate of drug-likeness (QED) is 0.731. The molecule has 148 valence electrons. The van der Waals surface area contributed by atoms with E-state index in [0.717, 1.165) is 36.2 Å². The molecule has 1 atom stereocenters. The molecule has 1 aliphatic rings. The molecule has 8 nitrogen and oxygen atoms in total. The maximum absolute atomic E-state index is 10.6. The first-order valence-electron chi connectivity index (χ1n) is 7.90. The molecular weight excluding hydrogens is 369 g/mol. The number of anilines is 1. The summed E-state index contributed by atoms with van der Waals surface area (Å²) in [6.45, 7) is 2.00. The molecule has 1 unspecified atom stereocenters. The van der Waals surface area contributed by atoms with Crippen molar-refractivity contribution in [2.45, 2.75) is 18.6 Å². The highest BCUT2D eigenvalue weighted by molar-refractivity contribution is 5.91. The van der Waals surface area contributed by atoms with Gasteiger partial charge in [-0.15, -0.1) is 0 Å². The fourth-order valence-electron chi connectivity index (χ4n) is 2.47. The fraction of sp³-hybridized carbons (Fsp3) is 0.438. The molecule has 0 aliphatic carbocycles. The molecule has 2 aromatic rings. The van der Waals surface area contributed by atoms with E-state index in [9.17, 15) is 13.2 Å².